The Balaban J connectivity index is 1.60. The van der Waals surface area contributed by atoms with E-state index in [1.165, 1.54) is 21.9 Å². The van der Waals surface area contributed by atoms with Crippen LogP contribution in [0.3, 0.4) is 0 Å². The van der Waals surface area contributed by atoms with Crippen molar-refractivity contribution in [2.24, 2.45) is 7.05 Å². The summed E-state index contributed by atoms with van der Waals surface area (Å²) in [6, 6.07) is 8.26. The van der Waals surface area contributed by atoms with E-state index in [1.807, 2.05) is 6.92 Å². The molecule has 0 aliphatic rings. The first kappa shape index (κ1) is 15.9. The van der Waals surface area contributed by atoms with Crippen molar-refractivity contribution < 1.29 is 4.79 Å². The molecule has 0 spiro atoms. The van der Waals surface area contributed by atoms with Crippen molar-refractivity contribution in [1.82, 2.24) is 24.4 Å². The third-order valence-electron chi connectivity index (χ3n) is 3.93. The number of fused-ring (bicyclic) bond motifs is 1. The molecule has 24 heavy (non-hydrogen) atoms. The minimum absolute atomic E-state index is 0.102. The van der Waals surface area contributed by atoms with Crippen molar-refractivity contribution >= 4 is 17.1 Å². The Morgan fingerprint density at radius 1 is 1.21 bits per heavy atom. The quantitative estimate of drug-likeness (QED) is 0.752. The minimum Gasteiger partial charge on any atom is -0.354 e. The highest BCUT2D eigenvalue weighted by Gasteiger charge is 2.10. The van der Waals surface area contributed by atoms with Crippen LogP contribution in [0.1, 0.15) is 11.1 Å². The van der Waals surface area contributed by atoms with Gasteiger partial charge in [0.25, 0.3) is 0 Å². The highest BCUT2D eigenvalue weighted by molar-refractivity contribution is 5.78. The van der Waals surface area contributed by atoms with Gasteiger partial charge >= 0.3 is 5.69 Å². The molecule has 3 rings (SSSR count). The minimum atomic E-state index is -0.365. The molecular weight excluding hydrogens is 306 g/mol. The molecule has 0 saturated carbocycles. The maximum absolute atomic E-state index is 12.1. The molecule has 1 aromatic carbocycles. The zero-order valence-corrected chi connectivity index (χ0v) is 13.7. The van der Waals surface area contributed by atoms with E-state index in [2.05, 4.69) is 39.6 Å². The summed E-state index contributed by atoms with van der Waals surface area (Å²) in [5.41, 5.74) is 3.22. The van der Waals surface area contributed by atoms with Crippen LogP contribution in [-0.4, -0.2) is 31.6 Å². The van der Waals surface area contributed by atoms with E-state index in [-0.39, 0.29) is 18.1 Å². The number of nitrogens with one attached hydrogen (secondary N) is 1. The molecule has 1 amide bonds. The Morgan fingerprint density at radius 3 is 2.71 bits per heavy atom. The number of hydrogen-bond donors (Lipinski definition) is 1. The van der Waals surface area contributed by atoms with Gasteiger partial charge in [-0.2, -0.15) is 4.98 Å². The Kier molecular flexibility index (Phi) is 4.41. The fourth-order valence-corrected chi connectivity index (χ4v) is 2.50. The average molecular weight is 325 g/mol. The molecule has 1 N–H and O–H groups in total. The molecule has 0 saturated heterocycles. The predicted molar refractivity (Wildman–Crippen MR) is 90.7 cm³/mol. The molecule has 7 heteroatoms. The summed E-state index contributed by atoms with van der Waals surface area (Å²) < 4.78 is 3.05. The Morgan fingerprint density at radius 2 is 1.96 bits per heavy atom. The van der Waals surface area contributed by atoms with Crippen LogP contribution in [0, 0.1) is 6.92 Å². The number of amides is 1. The molecule has 0 fully saturated rings. The van der Waals surface area contributed by atoms with Gasteiger partial charge in [-0.25, -0.2) is 9.78 Å². The molecule has 0 aliphatic carbocycles. The van der Waals surface area contributed by atoms with Crippen LogP contribution in [0.4, 0.5) is 0 Å². The van der Waals surface area contributed by atoms with Crippen molar-refractivity contribution in [3.8, 4) is 0 Å². The molecule has 0 aliphatic heterocycles. The van der Waals surface area contributed by atoms with Crippen LogP contribution in [-0.2, 0) is 24.8 Å². The topological polar surface area (TPSA) is 81.8 Å². The lowest BCUT2D eigenvalue weighted by Crippen LogP contribution is -2.29. The van der Waals surface area contributed by atoms with E-state index in [9.17, 15) is 9.59 Å². The first-order chi connectivity index (χ1) is 11.5. The van der Waals surface area contributed by atoms with Crippen molar-refractivity contribution in [3.05, 3.63) is 58.4 Å². The van der Waals surface area contributed by atoms with Gasteiger partial charge in [0.05, 0.1) is 12.5 Å². The molecule has 0 radical (unpaired) electrons. The van der Waals surface area contributed by atoms with Gasteiger partial charge < -0.3 is 9.88 Å². The van der Waals surface area contributed by atoms with Gasteiger partial charge in [-0.05, 0) is 18.9 Å². The van der Waals surface area contributed by atoms with Crippen LogP contribution in [0.2, 0.25) is 0 Å². The van der Waals surface area contributed by atoms with Crippen molar-refractivity contribution in [2.75, 3.05) is 6.54 Å². The molecule has 0 atom stereocenters. The second-order valence-corrected chi connectivity index (χ2v) is 5.77. The highest BCUT2D eigenvalue weighted by atomic mass is 16.2. The summed E-state index contributed by atoms with van der Waals surface area (Å²) in [6.45, 7) is 2.77. The summed E-state index contributed by atoms with van der Waals surface area (Å²) in [7, 11) is 1.61. The summed E-state index contributed by atoms with van der Waals surface area (Å²) in [5, 5.41) is 2.90. The van der Waals surface area contributed by atoms with Gasteiger partial charge in [0.1, 0.15) is 12.1 Å². The summed E-state index contributed by atoms with van der Waals surface area (Å²) in [6.07, 6.45) is 3.78. The number of aryl methyl sites for hydroxylation is 2. The first-order valence-electron chi connectivity index (χ1n) is 7.74. The second-order valence-electron chi connectivity index (χ2n) is 5.77. The molecule has 0 bridgehead atoms. The SMILES string of the molecule is Cc1ccc(CCNC(=O)Cn2cnc3c2cnc(=O)n3C)cc1. The zero-order chi connectivity index (χ0) is 17.1. The van der Waals surface area contributed by atoms with E-state index in [0.29, 0.717) is 17.7 Å². The first-order valence-corrected chi connectivity index (χ1v) is 7.74. The third-order valence-corrected chi connectivity index (χ3v) is 3.93. The highest BCUT2D eigenvalue weighted by Crippen LogP contribution is 2.08. The molecule has 124 valence electrons. The lowest BCUT2D eigenvalue weighted by molar-refractivity contribution is -0.121. The maximum Gasteiger partial charge on any atom is 0.349 e. The standard InChI is InChI=1S/C17H19N5O2/c1-12-3-5-13(6-4-12)7-8-18-15(23)10-22-11-20-16-14(22)9-19-17(24)21(16)2/h3-6,9,11H,7-8,10H2,1-2H3,(H,18,23). The van der Waals surface area contributed by atoms with Crippen molar-refractivity contribution in [1.29, 1.82) is 0 Å². The number of carbonyl (C=O) groups is 1. The third kappa shape index (κ3) is 3.34. The van der Waals surface area contributed by atoms with E-state index in [0.717, 1.165) is 6.42 Å². The number of carbonyl (C=O) groups excluding carboxylic acids is 1. The summed E-state index contributed by atoms with van der Waals surface area (Å²) >= 11 is 0. The van der Waals surface area contributed by atoms with Gasteiger partial charge in [0.2, 0.25) is 5.91 Å². The molecular formula is C17H19N5O2. The summed E-state index contributed by atoms with van der Waals surface area (Å²) in [5.74, 6) is -0.102. The largest absolute Gasteiger partial charge is 0.354 e. The van der Waals surface area contributed by atoms with Gasteiger partial charge in [0, 0.05) is 13.6 Å². The van der Waals surface area contributed by atoms with E-state index < -0.39 is 0 Å². The second kappa shape index (κ2) is 6.66. The van der Waals surface area contributed by atoms with Crippen molar-refractivity contribution in [3.63, 3.8) is 0 Å². The summed E-state index contributed by atoms with van der Waals surface area (Å²) in [4.78, 5) is 31.5. The van der Waals surface area contributed by atoms with E-state index in [1.54, 1.807) is 17.9 Å². The zero-order valence-electron chi connectivity index (χ0n) is 13.7. The number of nitrogens with zero attached hydrogens (tertiary/aromatic N) is 4. The number of imidazole rings is 1. The number of rotatable bonds is 5. The van der Waals surface area contributed by atoms with Crippen LogP contribution in [0.25, 0.3) is 11.2 Å². The maximum atomic E-state index is 12.1. The molecule has 0 unspecified atom stereocenters. The van der Waals surface area contributed by atoms with E-state index >= 15 is 0 Å². The molecule has 2 aromatic heterocycles. The lowest BCUT2D eigenvalue weighted by atomic mass is 10.1. The average Bonchev–Trinajstić information content (AvgIpc) is 2.96. The van der Waals surface area contributed by atoms with Gasteiger partial charge in [0.15, 0.2) is 5.65 Å². The Bertz CT molecular complexity index is 924. The van der Waals surface area contributed by atoms with Gasteiger partial charge in [-0.15, -0.1) is 0 Å². The molecule has 3 aromatic rings. The van der Waals surface area contributed by atoms with Crippen LogP contribution < -0.4 is 11.0 Å². The number of benzene rings is 1. The van der Waals surface area contributed by atoms with Crippen LogP contribution >= 0.6 is 0 Å². The van der Waals surface area contributed by atoms with Gasteiger partial charge in [-0.1, -0.05) is 29.8 Å². The normalized spacial score (nSPS) is 10.9. The van der Waals surface area contributed by atoms with E-state index in [4.69, 9.17) is 0 Å². The fourth-order valence-electron chi connectivity index (χ4n) is 2.50. The fraction of sp³-hybridized carbons (Fsp3) is 0.294. The van der Waals surface area contributed by atoms with Crippen molar-refractivity contribution in [2.45, 2.75) is 19.9 Å². The Labute approximate surface area is 139 Å². The van der Waals surface area contributed by atoms with Crippen LogP contribution in [0.15, 0.2) is 41.6 Å². The smallest absolute Gasteiger partial charge is 0.349 e. The molecule has 7 nitrogen and oxygen atoms in total. The number of hydrogen-bond acceptors (Lipinski definition) is 4. The van der Waals surface area contributed by atoms with Gasteiger partial charge in [-0.3, -0.25) is 9.36 Å². The Hall–Kier alpha value is -2.96. The monoisotopic (exact) mass is 325 g/mol. The lowest BCUT2D eigenvalue weighted by Gasteiger charge is -2.07. The van der Waals surface area contributed by atoms with Crippen LogP contribution in [0.5, 0.6) is 0 Å². The number of aromatic nitrogens is 4. The predicted octanol–water partition coefficient (Wildman–Crippen LogP) is 0.797. The molecule has 2 heterocycles.